The molecular formula is C13H14S. The summed E-state index contributed by atoms with van der Waals surface area (Å²) in [6.07, 6.45) is 8.53. The van der Waals surface area contributed by atoms with Crippen LogP contribution in [-0.4, -0.2) is 4.75 Å². The largest absolute Gasteiger partial charge is 0.164 e. The smallest absolute Gasteiger partial charge is 0.0466 e. The number of thiol groups is 1. The van der Waals surface area contributed by atoms with Gasteiger partial charge in [-0.2, -0.15) is 12.6 Å². The molecule has 2 rings (SSSR count). The van der Waals surface area contributed by atoms with E-state index in [0.29, 0.717) is 0 Å². The van der Waals surface area contributed by atoms with Crippen molar-refractivity contribution in [2.45, 2.75) is 18.6 Å². The third-order valence-corrected chi connectivity index (χ3v) is 2.74. The Bertz CT molecular complexity index is 411. The van der Waals surface area contributed by atoms with Gasteiger partial charge in [0.05, 0.1) is 0 Å². The second-order valence-corrected chi connectivity index (χ2v) is 4.99. The summed E-state index contributed by atoms with van der Waals surface area (Å²) in [6.45, 7) is 4.20. The molecule has 1 aliphatic rings. The predicted molar refractivity (Wildman–Crippen MR) is 66.6 cm³/mol. The van der Waals surface area contributed by atoms with E-state index in [0.717, 1.165) is 0 Å². The standard InChI is InChI=1S/C13H14S/c1-10-3-4-11-5-7-13(2,14)8-6-12(11)9-10/h3-9,14H,1-2H3. The molecule has 0 bridgehead atoms. The van der Waals surface area contributed by atoms with Crippen LogP contribution in [0.25, 0.3) is 12.2 Å². The summed E-state index contributed by atoms with van der Waals surface area (Å²) >= 11 is 4.54. The van der Waals surface area contributed by atoms with E-state index < -0.39 is 0 Å². The molecule has 72 valence electrons. The van der Waals surface area contributed by atoms with Crippen LogP contribution < -0.4 is 0 Å². The average Bonchev–Trinajstić information content (AvgIpc) is 2.26. The molecule has 0 amide bonds. The topological polar surface area (TPSA) is 0 Å². The lowest BCUT2D eigenvalue weighted by Gasteiger charge is -2.10. The van der Waals surface area contributed by atoms with E-state index in [4.69, 9.17) is 0 Å². The van der Waals surface area contributed by atoms with E-state index in [2.05, 4.69) is 69.0 Å². The quantitative estimate of drug-likeness (QED) is 0.609. The molecule has 1 atom stereocenters. The highest BCUT2D eigenvalue weighted by Crippen LogP contribution is 2.26. The van der Waals surface area contributed by atoms with Crippen molar-refractivity contribution in [3.63, 3.8) is 0 Å². The third kappa shape index (κ3) is 1.93. The van der Waals surface area contributed by atoms with Crippen LogP contribution in [0.1, 0.15) is 23.6 Å². The van der Waals surface area contributed by atoms with E-state index in [1.165, 1.54) is 16.7 Å². The molecule has 0 aliphatic heterocycles. The summed E-state index contributed by atoms with van der Waals surface area (Å²) in [5, 5.41) is 0. The van der Waals surface area contributed by atoms with Crippen molar-refractivity contribution in [3.05, 3.63) is 47.0 Å². The first-order chi connectivity index (χ1) is 6.57. The van der Waals surface area contributed by atoms with Gasteiger partial charge >= 0.3 is 0 Å². The zero-order chi connectivity index (χ0) is 10.2. The minimum absolute atomic E-state index is 0.132. The van der Waals surface area contributed by atoms with E-state index in [9.17, 15) is 0 Å². The van der Waals surface area contributed by atoms with Gasteiger partial charge in [0.15, 0.2) is 0 Å². The maximum absolute atomic E-state index is 4.54. The van der Waals surface area contributed by atoms with Crippen molar-refractivity contribution >= 4 is 24.8 Å². The maximum Gasteiger partial charge on any atom is 0.0466 e. The van der Waals surface area contributed by atoms with Crippen molar-refractivity contribution < 1.29 is 0 Å². The Morgan fingerprint density at radius 1 is 1.07 bits per heavy atom. The highest BCUT2D eigenvalue weighted by molar-refractivity contribution is 7.82. The van der Waals surface area contributed by atoms with E-state index in [1.54, 1.807) is 0 Å². The molecule has 1 unspecified atom stereocenters. The predicted octanol–water partition coefficient (Wildman–Crippen LogP) is 3.72. The van der Waals surface area contributed by atoms with Gasteiger partial charge in [-0.1, -0.05) is 48.1 Å². The SMILES string of the molecule is Cc1ccc2c(c1)C=CC(C)(S)C=C2. The Morgan fingerprint density at radius 2 is 1.71 bits per heavy atom. The summed E-state index contributed by atoms with van der Waals surface area (Å²) in [5.41, 5.74) is 3.84. The van der Waals surface area contributed by atoms with E-state index in [-0.39, 0.29) is 4.75 Å². The van der Waals surface area contributed by atoms with Crippen LogP contribution in [0.3, 0.4) is 0 Å². The average molecular weight is 202 g/mol. The summed E-state index contributed by atoms with van der Waals surface area (Å²) in [4.78, 5) is 0. The fourth-order valence-corrected chi connectivity index (χ4v) is 1.71. The highest BCUT2D eigenvalue weighted by atomic mass is 32.1. The molecular weight excluding hydrogens is 188 g/mol. The molecule has 0 N–H and O–H groups in total. The van der Waals surface area contributed by atoms with Crippen LogP contribution in [0, 0.1) is 6.92 Å². The Labute approximate surface area is 90.8 Å². The Hall–Kier alpha value is -0.950. The molecule has 0 saturated carbocycles. The van der Waals surface area contributed by atoms with Crippen molar-refractivity contribution in [2.24, 2.45) is 0 Å². The highest BCUT2D eigenvalue weighted by Gasteiger charge is 2.13. The first kappa shape index (κ1) is 9.60. The fourth-order valence-electron chi connectivity index (χ4n) is 1.56. The maximum atomic E-state index is 4.54. The number of aryl methyl sites for hydroxylation is 1. The zero-order valence-corrected chi connectivity index (χ0v) is 9.38. The lowest BCUT2D eigenvalue weighted by molar-refractivity contribution is 1.03. The van der Waals surface area contributed by atoms with Gasteiger partial charge in [-0.15, -0.1) is 0 Å². The summed E-state index contributed by atoms with van der Waals surface area (Å²) < 4.78 is -0.132. The molecule has 14 heavy (non-hydrogen) atoms. The van der Waals surface area contributed by atoms with Crippen LogP contribution >= 0.6 is 12.6 Å². The molecule has 0 spiro atoms. The van der Waals surface area contributed by atoms with E-state index in [1.807, 2.05) is 0 Å². The van der Waals surface area contributed by atoms with Crippen LogP contribution in [0.4, 0.5) is 0 Å². The molecule has 0 heterocycles. The van der Waals surface area contributed by atoms with Gasteiger partial charge in [0.25, 0.3) is 0 Å². The fraction of sp³-hybridized carbons (Fsp3) is 0.231. The minimum Gasteiger partial charge on any atom is -0.164 e. The summed E-state index contributed by atoms with van der Waals surface area (Å²) in [6, 6.07) is 6.49. The Balaban J connectivity index is 2.54. The number of benzene rings is 1. The zero-order valence-electron chi connectivity index (χ0n) is 8.49. The first-order valence-corrected chi connectivity index (χ1v) is 5.23. The normalized spacial score (nSPS) is 24.5. The van der Waals surface area contributed by atoms with Crippen LogP contribution in [-0.2, 0) is 0 Å². The third-order valence-electron chi connectivity index (χ3n) is 2.44. The van der Waals surface area contributed by atoms with Gasteiger partial charge in [0.1, 0.15) is 0 Å². The molecule has 0 fully saturated rings. The van der Waals surface area contributed by atoms with Gasteiger partial charge < -0.3 is 0 Å². The Morgan fingerprint density at radius 3 is 2.43 bits per heavy atom. The lowest BCUT2D eigenvalue weighted by atomic mass is 10.0. The summed E-state index contributed by atoms with van der Waals surface area (Å²) in [5.74, 6) is 0. The molecule has 0 radical (unpaired) electrons. The van der Waals surface area contributed by atoms with Crippen molar-refractivity contribution in [1.29, 1.82) is 0 Å². The molecule has 0 saturated heterocycles. The Kier molecular flexibility index (Phi) is 2.28. The van der Waals surface area contributed by atoms with Crippen LogP contribution in [0.5, 0.6) is 0 Å². The van der Waals surface area contributed by atoms with Crippen LogP contribution in [0.2, 0.25) is 0 Å². The first-order valence-electron chi connectivity index (χ1n) is 4.78. The van der Waals surface area contributed by atoms with Gasteiger partial charge in [0.2, 0.25) is 0 Å². The van der Waals surface area contributed by atoms with Crippen molar-refractivity contribution in [3.8, 4) is 0 Å². The van der Waals surface area contributed by atoms with Crippen LogP contribution in [0.15, 0.2) is 30.4 Å². The number of fused-ring (bicyclic) bond motifs is 1. The minimum atomic E-state index is -0.132. The van der Waals surface area contributed by atoms with Crippen molar-refractivity contribution in [2.75, 3.05) is 0 Å². The number of hydrogen-bond acceptors (Lipinski definition) is 1. The molecule has 1 aromatic rings. The molecule has 1 heteroatoms. The summed E-state index contributed by atoms with van der Waals surface area (Å²) in [7, 11) is 0. The van der Waals surface area contributed by atoms with Gasteiger partial charge in [0, 0.05) is 4.75 Å². The molecule has 0 nitrogen and oxygen atoms in total. The number of rotatable bonds is 0. The second kappa shape index (κ2) is 3.32. The van der Waals surface area contributed by atoms with Crippen molar-refractivity contribution in [1.82, 2.24) is 0 Å². The molecule has 0 aromatic heterocycles. The van der Waals surface area contributed by atoms with E-state index >= 15 is 0 Å². The van der Waals surface area contributed by atoms with Gasteiger partial charge in [-0.05, 0) is 25.0 Å². The molecule has 1 aromatic carbocycles. The number of hydrogen-bond donors (Lipinski definition) is 1. The van der Waals surface area contributed by atoms with Gasteiger partial charge in [-0.3, -0.25) is 0 Å². The lowest BCUT2D eigenvalue weighted by Crippen LogP contribution is -2.05. The van der Waals surface area contributed by atoms with Gasteiger partial charge in [-0.25, -0.2) is 0 Å². The molecule has 1 aliphatic carbocycles. The second-order valence-electron chi connectivity index (χ2n) is 4.02. The monoisotopic (exact) mass is 202 g/mol.